The van der Waals surface area contributed by atoms with E-state index in [1.807, 2.05) is 47.0 Å². The number of thioether (sulfide) groups is 4. The van der Waals surface area contributed by atoms with E-state index in [0.717, 1.165) is 23.0 Å². The second-order valence-corrected chi connectivity index (χ2v) is 7.59. The molecule has 0 spiro atoms. The van der Waals surface area contributed by atoms with Crippen molar-refractivity contribution in [2.75, 3.05) is 25.0 Å². The van der Waals surface area contributed by atoms with Crippen molar-refractivity contribution in [2.45, 2.75) is 23.0 Å². The van der Waals surface area contributed by atoms with Crippen molar-refractivity contribution in [1.29, 1.82) is 0 Å². The average Bonchev–Trinajstić information content (AvgIpc) is 2.35. The molecular formula is C14H22S4. The van der Waals surface area contributed by atoms with Crippen LogP contribution < -0.4 is 0 Å². The van der Waals surface area contributed by atoms with Gasteiger partial charge in [0.15, 0.2) is 0 Å². The SMILES string of the molecule is CSCc1cc(CSC)c(CSC)cc1CSC. The molecule has 0 unspecified atom stereocenters. The molecule has 0 saturated heterocycles. The van der Waals surface area contributed by atoms with Crippen LogP contribution in [0.25, 0.3) is 0 Å². The van der Waals surface area contributed by atoms with Gasteiger partial charge in [-0.15, -0.1) is 0 Å². The van der Waals surface area contributed by atoms with Gasteiger partial charge in [0, 0.05) is 23.0 Å². The van der Waals surface area contributed by atoms with Gasteiger partial charge in [0.2, 0.25) is 0 Å². The lowest BCUT2D eigenvalue weighted by atomic mass is 10.0. The summed E-state index contributed by atoms with van der Waals surface area (Å²) in [4.78, 5) is 0. The molecular weight excluding hydrogens is 296 g/mol. The van der Waals surface area contributed by atoms with Gasteiger partial charge in [0.1, 0.15) is 0 Å². The maximum Gasteiger partial charge on any atom is 0.0184 e. The Bertz CT molecular complexity index is 297. The molecule has 1 aromatic rings. The zero-order valence-electron chi connectivity index (χ0n) is 11.6. The summed E-state index contributed by atoms with van der Waals surface area (Å²) in [6.07, 6.45) is 8.75. The smallest absolute Gasteiger partial charge is 0.0184 e. The molecule has 0 radical (unpaired) electrons. The normalized spacial score (nSPS) is 10.9. The highest BCUT2D eigenvalue weighted by molar-refractivity contribution is 7.98. The van der Waals surface area contributed by atoms with Crippen LogP contribution >= 0.6 is 47.0 Å². The molecule has 0 atom stereocenters. The fraction of sp³-hybridized carbons (Fsp3) is 0.571. The minimum atomic E-state index is 1.14. The predicted molar refractivity (Wildman–Crippen MR) is 95.3 cm³/mol. The molecule has 0 saturated carbocycles. The lowest BCUT2D eigenvalue weighted by molar-refractivity contribution is 1.19. The highest BCUT2D eigenvalue weighted by Gasteiger charge is 2.09. The van der Waals surface area contributed by atoms with E-state index in [0.29, 0.717) is 0 Å². The Hall–Kier alpha value is 0.620. The quantitative estimate of drug-likeness (QED) is 0.650. The first kappa shape index (κ1) is 16.7. The second kappa shape index (κ2) is 9.51. The van der Waals surface area contributed by atoms with Gasteiger partial charge in [-0.25, -0.2) is 0 Å². The summed E-state index contributed by atoms with van der Waals surface area (Å²) in [5, 5.41) is 0. The van der Waals surface area contributed by atoms with Crippen LogP contribution in [-0.4, -0.2) is 25.0 Å². The molecule has 0 aromatic heterocycles. The Morgan fingerprint density at radius 3 is 0.944 bits per heavy atom. The van der Waals surface area contributed by atoms with Gasteiger partial charge in [-0.2, -0.15) is 47.0 Å². The highest BCUT2D eigenvalue weighted by Crippen LogP contribution is 2.27. The zero-order chi connectivity index (χ0) is 13.4. The second-order valence-electron chi connectivity index (χ2n) is 4.12. The summed E-state index contributed by atoms with van der Waals surface area (Å²) in [6, 6.07) is 4.90. The Labute approximate surface area is 129 Å². The van der Waals surface area contributed by atoms with Crippen LogP contribution in [-0.2, 0) is 23.0 Å². The van der Waals surface area contributed by atoms with Crippen LogP contribution in [0.1, 0.15) is 22.3 Å². The van der Waals surface area contributed by atoms with E-state index in [9.17, 15) is 0 Å². The monoisotopic (exact) mass is 318 g/mol. The van der Waals surface area contributed by atoms with E-state index in [1.165, 1.54) is 22.3 Å². The Morgan fingerprint density at radius 1 is 0.556 bits per heavy atom. The molecule has 0 bridgehead atoms. The topological polar surface area (TPSA) is 0 Å². The van der Waals surface area contributed by atoms with E-state index >= 15 is 0 Å². The van der Waals surface area contributed by atoms with Gasteiger partial charge < -0.3 is 0 Å². The van der Waals surface area contributed by atoms with Crippen molar-refractivity contribution in [2.24, 2.45) is 0 Å². The van der Waals surface area contributed by atoms with E-state index in [1.54, 1.807) is 0 Å². The molecule has 0 amide bonds. The molecule has 0 heterocycles. The maximum absolute atomic E-state index is 2.45. The maximum atomic E-state index is 2.45. The molecule has 0 aliphatic carbocycles. The summed E-state index contributed by atoms with van der Waals surface area (Å²) in [6.45, 7) is 0. The molecule has 18 heavy (non-hydrogen) atoms. The molecule has 0 N–H and O–H groups in total. The van der Waals surface area contributed by atoms with Crippen LogP contribution in [0.4, 0.5) is 0 Å². The third kappa shape index (κ3) is 4.95. The fourth-order valence-electron chi connectivity index (χ4n) is 1.95. The van der Waals surface area contributed by atoms with Gasteiger partial charge in [0.25, 0.3) is 0 Å². The predicted octanol–water partition coefficient (Wildman–Crippen LogP) is 5.14. The first-order chi connectivity index (χ1) is 8.76. The lowest BCUT2D eigenvalue weighted by Crippen LogP contribution is -1.99. The first-order valence-electron chi connectivity index (χ1n) is 5.86. The first-order valence-corrected chi connectivity index (χ1v) is 11.4. The van der Waals surface area contributed by atoms with Crippen LogP contribution in [0, 0.1) is 0 Å². The van der Waals surface area contributed by atoms with Crippen LogP contribution in [0.5, 0.6) is 0 Å². The molecule has 0 fully saturated rings. The van der Waals surface area contributed by atoms with E-state index in [2.05, 4.69) is 37.2 Å². The molecule has 4 heteroatoms. The van der Waals surface area contributed by atoms with Gasteiger partial charge >= 0.3 is 0 Å². The molecule has 1 aromatic carbocycles. The van der Waals surface area contributed by atoms with Crippen molar-refractivity contribution in [3.63, 3.8) is 0 Å². The minimum Gasteiger partial charge on any atom is -0.161 e. The Kier molecular flexibility index (Phi) is 8.81. The van der Waals surface area contributed by atoms with Crippen LogP contribution in [0.2, 0.25) is 0 Å². The Balaban J connectivity index is 3.11. The molecule has 0 aliphatic heterocycles. The largest absolute Gasteiger partial charge is 0.161 e. The van der Waals surface area contributed by atoms with Crippen molar-refractivity contribution in [1.82, 2.24) is 0 Å². The molecule has 0 nitrogen and oxygen atoms in total. The van der Waals surface area contributed by atoms with Gasteiger partial charge in [-0.05, 0) is 47.3 Å². The third-order valence-corrected chi connectivity index (χ3v) is 5.12. The van der Waals surface area contributed by atoms with E-state index in [-0.39, 0.29) is 0 Å². The zero-order valence-corrected chi connectivity index (χ0v) is 14.9. The van der Waals surface area contributed by atoms with Gasteiger partial charge in [-0.1, -0.05) is 12.1 Å². The summed E-state index contributed by atoms with van der Waals surface area (Å²) < 4.78 is 0. The van der Waals surface area contributed by atoms with Crippen LogP contribution in [0.3, 0.4) is 0 Å². The highest BCUT2D eigenvalue weighted by atomic mass is 32.2. The molecule has 102 valence electrons. The van der Waals surface area contributed by atoms with Crippen molar-refractivity contribution in [3.8, 4) is 0 Å². The number of hydrogen-bond acceptors (Lipinski definition) is 4. The van der Waals surface area contributed by atoms with Crippen molar-refractivity contribution >= 4 is 47.0 Å². The van der Waals surface area contributed by atoms with Crippen molar-refractivity contribution < 1.29 is 0 Å². The Morgan fingerprint density at radius 2 is 0.778 bits per heavy atom. The van der Waals surface area contributed by atoms with E-state index < -0.39 is 0 Å². The van der Waals surface area contributed by atoms with Crippen LogP contribution in [0.15, 0.2) is 12.1 Å². The fourth-order valence-corrected chi connectivity index (χ4v) is 4.27. The summed E-state index contributed by atoms with van der Waals surface area (Å²) in [5.74, 6) is 4.54. The lowest BCUT2D eigenvalue weighted by Gasteiger charge is -2.15. The minimum absolute atomic E-state index is 1.14. The number of hydrogen-bond donors (Lipinski definition) is 0. The number of rotatable bonds is 8. The summed E-state index contributed by atoms with van der Waals surface area (Å²) >= 11 is 7.68. The summed E-state index contributed by atoms with van der Waals surface area (Å²) in [5.41, 5.74) is 6.13. The van der Waals surface area contributed by atoms with Gasteiger partial charge in [0.05, 0.1) is 0 Å². The molecule has 1 rings (SSSR count). The third-order valence-electron chi connectivity index (χ3n) is 2.72. The summed E-state index contributed by atoms with van der Waals surface area (Å²) in [7, 11) is 0. The standard InChI is InChI=1S/C14H22S4/c1-15-7-11-5-13(9-17-3)14(10-18-4)6-12(11)8-16-2/h5-6H,7-10H2,1-4H3. The van der Waals surface area contributed by atoms with Gasteiger partial charge in [-0.3, -0.25) is 0 Å². The van der Waals surface area contributed by atoms with Crippen molar-refractivity contribution in [3.05, 3.63) is 34.4 Å². The number of benzene rings is 1. The molecule has 0 aliphatic rings. The van der Waals surface area contributed by atoms with E-state index in [4.69, 9.17) is 0 Å². The average molecular weight is 319 g/mol.